The lowest BCUT2D eigenvalue weighted by Gasteiger charge is -2.21. The van der Waals surface area contributed by atoms with Gasteiger partial charge in [-0.3, -0.25) is 9.69 Å². The molecular formula is C18H17ClF2N3OS+. The van der Waals surface area contributed by atoms with Crippen LogP contribution in [0.1, 0.15) is 10.4 Å². The number of rotatable bonds is 5. The molecular weight excluding hydrogens is 380 g/mol. The van der Waals surface area contributed by atoms with Gasteiger partial charge in [-0.05, 0) is 24.3 Å². The van der Waals surface area contributed by atoms with Gasteiger partial charge < -0.3 is 4.90 Å². The maximum Gasteiger partial charge on any atom is 0.266 e. The Kier molecular flexibility index (Phi) is 5.50. The normalized spacial score (nSPS) is 11.3. The number of nitrogens with one attached hydrogen (secondary N) is 1. The second-order valence-corrected chi connectivity index (χ2v) is 7.51. The number of fused-ring (bicyclic) bond motifs is 1. The first-order valence-corrected chi connectivity index (χ1v) is 9.18. The Balaban J connectivity index is 2.06. The molecule has 1 heterocycles. The third-order valence-electron chi connectivity index (χ3n) is 3.85. The number of likely N-dealkylation sites (N-methyl/N-ethyl adjacent to an activating group) is 1. The number of hydrogen-bond donors (Lipinski definition) is 1. The van der Waals surface area contributed by atoms with E-state index in [1.54, 1.807) is 12.1 Å². The van der Waals surface area contributed by atoms with E-state index in [9.17, 15) is 13.6 Å². The minimum Gasteiger partial charge on any atom is -0.338 e. The highest BCUT2D eigenvalue weighted by Gasteiger charge is 2.27. The van der Waals surface area contributed by atoms with Gasteiger partial charge in [-0.1, -0.05) is 35.1 Å². The second kappa shape index (κ2) is 7.65. The number of nitrogens with zero attached hydrogens (tertiary/aromatic N) is 2. The molecule has 3 aromatic rings. The van der Waals surface area contributed by atoms with Gasteiger partial charge in [-0.2, -0.15) is 0 Å². The van der Waals surface area contributed by atoms with Crippen LogP contribution in [0.2, 0.25) is 5.02 Å². The lowest BCUT2D eigenvalue weighted by atomic mass is 10.1. The Morgan fingerprint density at radius 3 is 2.46 bits per heavy atom. The van der Waals surface area contributed by atoms with Gasteiger partial charge in [0, 0.05) is 0 Å². The summed E-state index contributed by atoms with van der Waals surface area (Å²) in [4.78, 5) is 19.8. The van der Waals surface area contributed by atoms with Gasteiger partial charge in [0.05, 0.1) is 36.9 Å². The highest BCUT2D eigenvalue weighted by atomic mass is 35.5. The summed E-state index contributed by atoms with van der Waals surface area (Å²) >= 11 is 7.43. The molecule has 8 heteroatoms. The van der Waals surface area contributed by atoms with E-state index >= 15 is 0 Å². The van der Waals surface area contributed by atoms with Gasteiger partial charge in [0.25, 0.3) is 5.91 Å². The average Bonchev–Trinajstić information content (AvgIpc) is 3.00. The molecule has 0 aliphatic rings. The lowest BCUT2D eigenvalue weighted by molar-refractivity contribution is -0.856. The molecule has 3 rings (SSSR count). The number of para-hydroxylation sites is 1. The van der Waals surface area contributed by atoms with E-state index < -0.39 is 23.1 Å². The molecule has 1 aromatic heterocycles. The number of quaternary nitrogens is 1. The number of anilines is 1. The third kappa shape index (κ3) is 3.70. The minimum absolute atomic E-state index is 0.270. The van der Waals surface area contributed by atoms with E-state index in [1.165, 1.54) is 22.3 Å². The van der Waals surface area contributed by atoms with Crippen LogP contribution in [0.25, 0.3) is 10.2 Å². The molecule has 0 atom stereocenters. The molecule has 1 N–H and O–H groups in total. The Bertz CT molecular complexity index is 941. The highest BCUT2D eigenvalue weighted by Crippen LogP contribution is 2.33. The van der Waals surface area contributed by atoms with Crippen LogP contribution in [0.15, 0.2) is 36.4 Å². The standard InChI is InChI=1S/C18H16ClF2N3OS/c1-23(2)9-10-24(17(25)15-12(20)6-4-7-13(15)21)18-22-16-11(19)5-3-8-14(16)26-18/h3-8H,9-10H2,1-2H3/p+1. The van der Waals surface area contributed by atoms with E-state index in [2.05, 4.69) is 4.98 Å². The van der Waals surface area contributed by atoms with Crippen LogP contribution in [0, 0.1) is 11.6 Å². The summed E-state index contributed by atoms with van der Waals surface area (Å²) in [6, 6.07) is 8.71. The zero-order valence-electron chi connectivity index (χ0n) is 14.2. The number of carbonyl (C=O) groups is 1. The lowest BCUT2D eigenvalue weighted by Crippen LogP contribution is -3.06. The smallest absolute Gasteiger partial charge is 0.266 e. The van der Waals surface area contributed by atoms with Crippen LogP contribution in [-0.4, -0.2) is 38.1 Å². The fourth-order valence-electron chi connectivity index (χ4n) is 2.48. The maximum atomic E-state index is 14.1. The summed E-state index contributed by atoms with van der Waals surface area (Å²) in [7, 11) is 3.86. The SMILES string of the molecule is C[NH+](C)CCN(C(=O)c1c(F)cccc1F)c1nc2c(Cl)cccc2s1. The monoisotopic (exact) mass is 396 g/mol. The number of amides is 1. The Labute approximate surface area is 158 Å². The molecule has 1 amide bonds. The summed E-state index contributed by atoms with van der Waals surface area (Å²) < 4.78 is 29.0. The van der Waals surface area contributed by atoms with E-state index in [1.807, 2.05) is 20.2 Å². The summed E-state index contributed by atoms with van der Waals surface area (Å²) in [5.74, 6) is -2.54. The van der Waals surface area contributed by atoms with Crippen LogP contribution in [0.5, 0.6) is 0 Å². The van der Waals surface area contributed by atoms with Crippen molar-refractivity contribution in [2.45, 2.75) is 0 Å². The van der Waals surface area contributed by atoms with Gasteiger partial charge in [0.15, 0.2) is 5.13 Å². The van der Waals surface area contributed by atoms with Crippen molar-refractivity contribution in [2.75, 3.05) is 32.1 Å². The summed E-state index contributed by atoms with van der Waals surface area (Å²) in [6.07, 6.45) is 0. The van der Waals surface area contributed by atoms with Gasteiger partial charge in [0.2, 0.25) is 0 Å². The van der Waals surface area contributed by atoms with Crippen molar-refractivity contribution >= 4 is 44.2 Å². The number of halogens is 3. The molecule has 136 valence electrons. The third-order valence-corrected chi connectivity index (χ3v) is 5.20. The topological polar surface area (TPSA) is 37.6 Å². The second-order valence-electron chi connectivity index (χ2n) is 6.09. The number of hydrogen-bond acceptors (Lipinski definition) is 3. The van der Waals surface area contributed by atoms with Crippen molar-refractivity contribution in [3.05, 3.63) is 58.6 Å². The molecule has 0 saturated heterocycles. The number of carbonyl (C=O) groups excluding carboxylic acids is 1. The zero-order valence-corrected chi connectivity index (χ0v) is 15.8. The van der Waals surface area contributed by atoms with E-state index in [0.29, 0.717) is 22.2 Å². The molecule has 4 nitrogen and oxygen atoms in total. The molecule has 0 spiro atoms. The quantitative estimate of drug-likeness (QED) is 0.720. The molecule has 0 unspecified atom stereocenters. The summed E-state index contributed by atoms with van der Waals surface area (Å²) in [5, 5.41) is 0.828. The molecule has 2 aromatic carbocycles. The fraction of sp³-hybridized carbons (Fsp3) is 0.222. The Morgan fingerprint density at radius 2 is 1.85 bits per heavy atom. The molecule has 0 fully saturated rings. The van der Waals surface area contributed by atoms with Crippen molar-refractivity contribution in [2.24, 2.45) is 0 Å². The van der Waals surface area contributed by atoms with E-state index in [0.717, 1.165) is 21.7 Å². The highest BCUT2D eigenvalue weighted by molar-refractivity contribution is 7.22. The van der Waals surface area contributed by atoms with Crippen molar-refractivity contribution in [1.29, 1.82) is 0 Å². The Hall–Kier alpha value is -2.09. The molecule has 0 radical (unpaired) electrons. The predicted molar refractivity (Wildman–Crippen MR) is 100 cm³/mol. The number of aromatic nitrogens is 1. The van der Waals surface area contributed by atoms with E-state index in [4.69, 9.17) is 11.6 Å². The van der Waals surface area contributed by atoms with E-state index in [-0.39, 0.29) is 6.54 Å². The maximum absolute atomic E-state index is 14.1. The first-order valence-electron chi connectivity index (χ1n) is 7.98. The van der Waals surface area contributed by atoms with Crippen molar-refractivity contribution in [3.8, 4) is 0 Å². The molecule has 0 aliphatic carbocycles. The van der Waals surface area contributed by atoms with Gasteiger partial charge in [-0.15, -0.1) is 0 Å². The molecule has 0 saturated carbocycles. The fourth-order valence-corrected chi connectivity index (χ4v) is 3.76. The summed E-state index contributed by atoms with van der Waals surface area (Å²) in [5.41, 5.74) is -0.00946. The van der Waals surface area contributed by atoms with Gasteiger partial charge >= 0.3 is 0 Å². The summed E-state index contributed by atoms with van der Waals surface area (Å²) in [6.45, 7) is 0.859. The molecule has 0 bridgehead atoms. The molecule has 26 heavy (non-hydrogen) atoms. The Morgan fingerprint density at radius 1 is 1.19 bits per heavy atom. The van der Waals surface area contributed by atoms with Crippen LogP contribution in [-0.2, 0) is 0 Å². The first-order chi connectivity index (χ1) is 12.4. The first kappa shape index (κ1) is 18.7. The average molecular weight is 397 g/mol. The van der Waals surface area contributed by atoms with Crippen molar-refractivity contribution in [1.82, 2.24) is 4.98 Å². The van der Waals surface area contributed by atoms with Gasteiger partial charge in [0.1, 0.15) is 22.7 Å². The minimum atomic E-state index is -0.892. The largest absolute Gasteiger partial charge is 0.338 e. The van der Waals surface area contributed by atoms with Crippen LogP contribution in [0.4, 0.5) is 13.9 Å². The van der Waals surface area contributed by atoms with Gasteiger partial charge in [-0.25, -0.2) is 13.8 Å². The van der Waals surface area contributed by atoms with Crippen LogP contribution >= 0.6 is 22.9 Å². The molecule has 0 aliphatic heterocycles. The van der Waals surface area contributed by atoms with Crippen LogP contribution in [0.3, 0.4) is 0 Å². The van der Waals surface area contributed by atoms with Crippen LogP contribution < -0.4 is 9.80 Å². The zero-order chi connectivity index (χ0) is 18.8. The van der Waals surface area contributed by atoms with Crippen molar-refractivity contribution in [3.63, 3.8) is 0 Å². The number of thiazole rings is 1. The van der Waals surface area contributed by atoms with Crippen molar-refractivity contribution < 1.29 is 18.5 Å². The predicted octanol–water partition coefficient (Wildman–Crippen LogP) is 3.02. The number of benzene rings is 2.